The van der Waals surface area contributed by atoms with Gasteiger partial charge in [-0.3, -0.25) is 4.79 Å². The minimum atomic E-state index is -0.249. The molecule has 7 aromatic rings. The van der Waals surface area contributed by atoms with E-state index in [1.54, 1.807) is 12.1 Å². The molecule has 0 aliphatic rings. The molecule has 0 unspecified atom stereocenters. The average Bonchev–Trinajstić information content (AvgIpc) is 3.16. The summed E-state index contributed by atoms with van der Waals surface area (Å²) in [5.41, 5.74) is 5.06. The van der Waals surface area contributed by atoms with Gasteiger partial charge in [0.25, 0.3) is 0 Å². The molecule has 6 aromatic carbocycles. The topological polar surface area (TPSA) is 67.1 Å². The van der Waals surface area contributed by atoms with E-state index in [2.05, 4.69) is 0 Å². The molecule has 0 fully saturated rings. The molecular weight excluding hydrogens is 612 g/mol. The number of ether oxygens (including phenoxy) is 4. The van der Waals surface area contributed by atoms with E-state index in [0.717, 1.165) is 22.3 Å². The second-order valence-corrected chi connectivity index (χ2v) is 11.5. The summed E-state index contributed by atoms with van der Waals surface area (Å²) in [5.74, 6) is 2.01. The first-order chi connectivity index (χ1) is 24.2. The molecule has 0 aliphatic heterocycles. The van der Waals surface area contributed by atoms with Gasteiger partial charge in [-0.2, -0.15) is 0 Å². The van der Waals surface area contributed by atoms with Crippen LogP contribution in [-0.2, 0) is 26.4 Å². The van der Waals surface area contributed by atoms with Gasteiger partial charge in [-0.1, -0.05) is 121 Å². The summed E-state index contributed by atoms with van der Waals surface area (Å²) < 4.78 is 31.1. The van der Waals surface area contributed by atoms with Gasteiger partial charge in [0, 0.05) is 23.8 Å². The van der Waals surface area contributed by atoms with Gasteiger partial charge in [0.05, 0.1) is 5.56 Å². The standard InChI is InChI=1S/C43H34O6/c44-43-38(37-22-21-35(45-26-31-13-5-1-6-14-31)23-39(37)47-28-33-17-9-3-10-18-33)30-49-41-25-36(46-27-32-15-7-2-8-16-32)24-40(42(41)43)48-29-34-19-11-4-12-20-34/h1-25,30H,26-29H2. The fourth-order valence-corrected chi connectivity index (χ4v) is 5.46. The van der Waals surface area contributed by atoms with Crippen molar-refractivity contribution in [3.63, 3.8) is 0 Å². The van der Waals surface area contributed by atoms with Gasteiger partial charge in [0.2, 0.25) is 5.43 Å². The molecule has 6 heteroatoms. The van der Waals surface area contributed by atoms with Crippen molar-refractivity contribution in [3.05, 3.63) is 190 Å². The fraction of sp³-hybridized carbons (Fsp3) is 0.0930. The summed E-state index contributed by atoms with van der Waals surface area (Å²) in [6, 6.07) is 48.5. The van der Waals surface area contributed by atoms with Gasteiger partial charge in [-0.25, -0.2) is 0 Å². The van der Waals surface area contributed by atoms with E-state index in [9.17, 15) is 4.79 Å². The number of hydrogen-bond acceptors (Lipinski definition) is 6. The van der Waals surface area contributed by atoms with Crippen LogP contribution in [-0.4, -0.2) is 0 Å². The number of fused-ring (bicyclic) bond motifs is 1. The Balaban J connectivity index is 1.26. The molecule has 1 heterocycles. The molecule has 0 amide bonds. The summed E-state index contributed by atoms with van der Waals surface area (Å²) in [5, 5.41) is 0.318. The second-order valence-electron chi connectivity index (χ2n) is 11.5. The van der Waals surface area contributed by atoms with E-state index in [1.165, 1.54) is 6.26 Å². The Bertz CT molecular complexity index is 2180. The van der Waals surface area contributed by atoms with Gasteiger partial charge in [0.15, 0.2) is 0 Å². The molecule has 0 atom stereocenters. The van der Waals surface area contributed by atoms with E-state index >= 15 is 0 Å². The summed E-state index contributed by atoms with van der Waals surface area (Å²) in [4.78, 5) is 14.4. The normalized spacial score (nSPS) is 10.9. The zero-order valence-electron chi connectivity index (χ0n) is 26.8. The molecule has 0 aliphatic carbocycles. The molecule has 49 heavy (non-hydrogen) atoms. The van der Waals surface area contributed by atoms with Crippen LogP contribution in [0.2, 0.25) is 0 Å². The zero-order valence-corrected chi connectivity index (χ0v) is 26.8. The van der Waals surface area contributed by atoms with Crippen LogP contribution in [0.1, 0.15) is 22.3 Å². The molecule has 0 spiro atoms. The SMILES string of the molecule is O=c1c(-c2ccc(OCc3ccccc3)cc2OCc2ccccc2)coc2cc(OCc3ccccc3)cc(OCc3ccccc3)c12. The predicted molar refractivity (Wildman–Crippen MR) is 191 cm³/mol. The van der Waals surface area contributed by atoms with Crippen LogP contribution in [0.3, 0.4) is 0 Å². The molecule has 0 N–H and O–H groups in total. The lowest BCUT2D eigenvalue weighted by Gasteiger charge is -2.16. The quantitative estimate of drug-likeness (QED) is 0.124. The lowest BCUT2D eigenvalue weighted by atomic mass is 10.0. The minimum Gasteiger partial charge on any atom is -0.489 e. The third-order valence-corrected chi connectivity index (χ3v) is 8.03. The Labute approximate surface area is 284 Å². The summed E-state index contributed by atoms with van der Waals surface area (Å²) in [6.07, 6.45) is 1.47. The maximum atomic E-state index is 14.4. The Morgan fingerprint density at radius 1 is 0.429 bits per heavy atom. The first-order valence-electron chi connectivity index (χ1n) is 16.1. The van der Waals surface area contributed by atoms with Crippen LogP contribution in [0.25, 0.3) is 22.1 Å². The maximum absolute atomic E-state index is 14.4. The van der Waals surface area contributed by atoms with Gasteiger partial charge in [-0.15, -0.1) is 0 Å². The van der Waals surface area contributed by atoms with Crippen molar-refractivity contribution in [3.8, 4) is 34.1 Å². The van der Waals surface area contributed by atoms with Crippen molar-refractivity contribution in [1.82, 2.24) is 0 Å². The van der Waals surface area contributed by atoms with Crippen LogP contribution in [0.5, 0.6) is 23.0 Å². The summed E-state index contributed by atoms with van der Waals surface area (Å²) >= 11 is 0. The third kappa shape index (κ3) is 7.83. The predicted octanol–water partition coefficient (Wildman–Crippen LogP) is 9.78. The maximum Gasteiger partial charge on any atom is 0.204 e. The van der Waals surface area contributed by atoms with E-state index in [0.29, 0.717) is 64.9 Å². The molecule has 6 nitrogen and oxygen atoms in total. The highest BCUT2D eigenvalue weighted by Crippen LogP contribution is 2.37. The average molecular weight is 647 g/mol. The van der Waals surface area contributed by atoms with Crippen LogP contribution in [0.4, 0.5) is 0 Å². The summed E-state index contributed by atoms with van der Waals surface area (Å²) in [6.45, 7) is 1.32. The van der Waals surface area contributed by atoms with Crippen LogP contribution in [0, 0.1) is 0 Å². The van der Waals surface area contributed by atoms with Crippen LogP contribution in [0.15, 0.2) is 167 Å². The van der Waals surface area contributed by atoms with Gasteiger partial charge >= 0.3 is 0 Å². The van der Waals surface area contributed by atoms with Gasteiger partial charge in [-0.05, 0) is 34.4 Å². The van der Waals surface area contributed by atoms with E-state index in [4.69, 9.17) is 23.4 Å². The highest BCUT2D eigenvalue weighted by Gasteiger charge is 2.20. The van der Waals surface area contributed by atoms with E-state index < -0.39 is 0 Å². The lowest BCUT2D eigenvalue weighted by Crippen LogP contribution is -2.09. The molecule has 0 radical (unpaired) electrons. The van der Waals surface area contributed by atoms with Crippen molar-refractivity contribution >= 4 is 11.0 Å². The first kappa shape index (κ1) is 31.3. The fourth-order valence-electron chi connectivity index (χ4n) is 5.46. The van der Waals surface area contributed by atoms with E-state index in [-0.39, 0.29) is 12.0 Å². The van der Waals surface area contributed by atoms with Gasteiger partial charge in [0.1, 0.15) is 66.7 Å². The molecular formula is C43H34O6. The largest absolute Gasteiger partial charge is 0.489 e. The Hall–Kier alpha value is -6.27. The zero-order chi connectivity index (χ0) is 33.3. The highest BCUT2D eigenvalue weighted by atomic mass is 16.5. The Morgan fingerprint density at radius 3 is 1.41 bits per heavy atom. The third-order valence-electron chi connectivity index (χ3n) is 8.03. The second kappa shape index (κ2) is 15.1. The molecule has 242 valence electrons. The number of benzene rings is 6. The van der Waals surface area contributed by atoms with E-state index in [1.807, 2.05) is 140 Å². The monoisotopic (exact) mass is 646 g/mol. The Kier molecular flexibility index (Phi) is 9.65. The van der Waals surface area contributed by atoms with Crippen molar-refractivity contribution in [2.24, 2.45) is 0 Å². The van der Waals surface area contributed by atoms with Crippen molar-refractivity contribution in [2.45, 2.75) is 26.4 Å². The number of rotatable bonds is 13. The molecule has 0 saturated carbocycles. The lowest BCUT2D eigenvalue weighted by molar-refractivity contribution is 0.290. The highest BCUT2D eigenvalue weighted by molar-refractivity contribution is 5.89. The van der Waals surface area contributed by atoms with Crippen LogP contribution >= 0.6 is 0 Å². The van der Waals surface area contributed by atoms with Crippen molar-refractivity contribution in [1.29, 1.82) is 0 Å². The molecule has 0 bridgehead atoms. The van der Waals surface area contributed by atoms with Crippen LogP contribution < -0.4 is 24.4 Å². The molecule has 0 saturated heterocycles. The Morgan fingerprint density at radius 2 is 0.878 bits per heavy atom. The summed E-state index contributed by atoms with van der Waals surface area (Å²) in [7, 11) is 0. The minimum absolute atomic E-state index is 0.249. The first-order valence-corrected chi connectivity index (χ1v) is 16.1. The van der Waals surface area contributed by atoms with Gasteiger partial charge < -0.3 is 23.4 Å². The van der Waals surface area contributed by atoms with Crippen molar-refractivity contribution < 1.29 is 23.4 Å². The smallest absolute Gasteiger partial charge is 0.204 e. The molecule has 7 rings (SSSR count). The van der Waals surface area contributed by atoms with Crippen molar-refractivity contribution in [2.75, 3.05) is 0 Å². The molecule has 1 aromatic heterocycles. The number of hydrogen-bond donors (Lipinski definition) is 0.